The van der Waals surface area contributed by atoms with Crippen LogP contribution in [0.3, 0.4) is 0 Å². The summed E-state index contributed by atoms with van der Waals surface area (Å²) in [4.78, 5) is 31.5. The van der Waals surface area contributed by atoms with Crippen molar-refractivity contribution >= 4 is 29.2 Å². The standard InChI is InChI=1S/C25H26N8O2/c1-16-20(28-17(2)34)9-6-10-21(16)29-24-26-15-27-25(31-24)33-13-11-18(12-14-33)22-30-23(35-32-22)19-7-4-3-5-8-19/h3-10,15,18H,11-14H2,1-2H3,(H,28,34)(H,26,27,29,31). The van der Waals surface area contributed by atoms with Gasteiger partial charge in [-0.05, 0) is 49.6 Å². The lowest BCUT2D eigenvalue weighted by atomic mass is 9.96. The van der Waals surface area contributed by atoms with Crippen LogP contribution >= 0.6 is 0 Å². The molecular formula is C25H26N8O2. The Morgan fingerprint density at radius 3 is 2.54 bits per heavy atom. The Balaban J connectivity index is 1.24. The zero-order chi connectivity index (χ0) is 24.2. The van der Waals surface area contributed by atoms with Gasteiger partial charge in [0.1, 0.15) is 6.33 Å². The Kier molecular flexibility index (Phi) is 6.34. The molecule has 10 nitrogen and oxygen atoms in total. The molecule has 1 fully saturated rings. The summed E-state index contributed by atoms with van der Waals surface area (Å²) in [5.74, 6) is 2.48. The third-order valence-electron chi connectivity index (χ3n) is 6.06. The van der Waals surface area contributed by atoms with Gasteiger partial charge in [0.15, 0.2) is 5.82 Å². The van der Waals surface area contributed by atoms with Crippen molar-refractivity contribution in [1.82, 2.24) is 25.1 Å². The number of nitrogens with one attached hydrogen (secondary N) is 2. The van der Waals surface area contributed by atoms with Crippen LogP contribution in [-0.2, 0) is 4.79 Å². The summed E-state index contributed by atoms with van der Waals surface area (Å²) in [7, 11) is 0. The van der Waals surface area contributed by atoms with Gasteiger partial charge in [-0.3, -0.25) is 4.79 Å². The van der Waals surface area contributed by atoms with Crippen LogP contribution in [0, 0.1) is 6.92 Å². The molecule has 4 aromatic rings. The van der Waals surface area contributed by atoms with Gasteiger partial charge >= 0.3 is 0 Å². The van der Waals surface area contributed by atoms with Gasteiger partial charge in [-0.25, -0.2) is 9.97 Å². The summed E-state index contributed by atoms with van der Waals surface area (Å²) >= 11 is 0. The molecule has 0 aliphatic carbocycles. The first kappa shape index (κ1) is 22.5. The van der Waals surface area contributed by atoms with Gasteiger partial charge in [0.2, 0.25) is 17.8 Å². The molecular weight excluding hydrogens is 444 g/mol. The maximum absolute atomic E-state index is 11.5. The average molecular weight is 471 g/mol. The number of hydrogen-bond acceptors (Lipinski definition) is 9. The van der Waals surface area contributed by atoms with Crippen molar-refractivity contribution in [3.63, 3.8) is 0 Å². The van der Waals surface area contributed by atoms with E-state index in [1.54, 1.807) is 0 Å². The number of hydrogen-bond donors (Lipinski definition) is 2. The molecule has 10 heteroatoms. The fourth-order valence-corrected chi connectivity index (χ4v) is 4.15. The molecule has 1 saturated heterocycles. The normalized spacial score (nSPS) is 14.1. The monoisotopic (exact) mass is 470 g/mol. The van der Waals surface area contributed by atoms with Crippen LogP contribution in [0.1, 0.15) is 37.1 Å². The topological polar surface area (TPSA) is 122 Å². The van der Waals surface area contributed by atoms with E-state index in [9.17, 15) is 4.79 Å². The van der Waals surface area contributed by atoms with Crippen molar-refractivity contribution in [3.05, 3.63) is 66.2 Å². The average Bonchev–Trinajstić information content (AvgIpc) is 3.38. The van der Waals surface area contributed by atoms with Crippen molar-refractivity contribution in [2.45, 2.75) is 32.6 Å². The first-order valence-corrected chi connectivity index (χ1v) is 11.5. The lowest BCUT2D eigenvalue weighted by molar-refractivity contribution is -0.114. The number of amides is 1. The number of nitrogens with zero attached hydrogens (tertiary/aromatic N) is 6. The Morgan fingerprint density at radius 1 is 1.00 bits per heavy atom. The van der Waals surface area contributed by atoms with E-state index in [4.69, 9.17) is 4.52 Å². The fourth-order valence-electron chi connectivity index (χ4n) is 4.15. The predicted octanol–water partition coefficient (Wildman–Crippen LogP) is 4.32. The molecule has 0 spiro atoms. The molecule has 1 amide bonds. The van der Waals surface area contributed by atoms with Crippen molar-refractivity contribution < 1.29 is 9.32 Å². The highest BCUT2D eigenvalue weighted by Gasteiger charge is 2.26. The summed E-state index contributed by atoms with van der Waals surface area (Å²) in [5, 5.41) is 10.3. The van der Waals surface area contributed by atoms with Crippen LogP contribution in [0.25, 0.3) is 11.5 Å². The van der Waals surface area contributed by atoms with Gasteiger partial charge < -0.3 is 20.1 Å². The molecule has 3 heterocycles. The Morgan fingerprint density at radius 2 is 1.77 bits per heavy atom. The Bertz CT molecular complexity index is 1320. The molecule has 2 N–H and O–H groups in total. The number of benzene rings is 2. The van der Waals surface area contributed by atoms with Gasteiger partial charge in [-0.2, -0.15) is 9.97 Å². The van der Waals surface area contributed by atoms with E-state index < -0.39 is 0 Å². The van der Waals surface area contributed by atoms with E-state index in [1.807, 2.05) is 55.5 Å². The number of aromatic nitrogens is 5. The van der Waals surface area contributed by atoms with Crippen molar-refractivity contribution in [2.75, 3.05) is 28.6 Å². The molecule has 5 rings (SSSR count). The van der Waals surface area contributed by atoms with Crippen molar-refractivity contribution in [1.29, 1.82) is 0 Å². The zero-order valence-corrected chi connectivity index (χ0v) is 19.6. The lowest BCUT2D eigenvalue weighted by Crippen LogP contribution is -2.34. The molecule has 0 unspecified atom stereocenters. The van der Waals surface area contributed by atoms with Crippen LogP contribution in [0.4, 0.5) is 23.3 Å². The quantitative estimate of drug-likeness (QED) is 0.424. The number of rotatable bonds is 6. The van der Waals surface area contributed by atoms with Crippen molar-refractivity contribution in [2.24, 2.45) is 0 Å². The van der Waals surface area contributed by atoms with Crippen LogP contribution in [0.5, 0.6) is 0 Å². The molecule has 1 aliphatic heterocycles. The van der Waals surface area contributed by atoms with Gasteiger partial charge in [-0.15, -0.1) is 0 Å². The predicted molar refractivity (Wildman–Crippen MR) is 133 cm³/mol. The van der Waals surface area contributed by atoms with Gasteiger partial charge in [-0.1, -0.05) is 29.4 Å². The molecule has 0 atom stereocenters. The van der Waals surface area contributed by atoms with Crippen LogP contribution in [-0.4, -0.2) is 44.1 Å². The third-order valence-corrected chi connectivity index (χ3v) is 6.06. The highest BCUT2D eigenvalue weighted by atomic mass is 16.5. The Hall–Kier alpha value is -4.34. The minimum Gasteiger partial charge on any atom is -0.341 e. The second kappa shape index (κ2) is 9.88. The molecule has 1 aliphatic rings. The summed E-state index contributed by atoms with van der Waals surface area (Å²) in [6.07, 6.45) is 3.26. The van der Waals surface area contributed by atoms with E-state index in [-0.39, 0.29) is 11.8 Å². The molecule has 178 valence electrons. The van der Waals surface area contributed by atoms with E-state index in [0.29, 0.717) is 17.8 Å². The van der Waals surface area contributed by atoms with Crippen LogP contribution in [0.2, 0.25) is 0 Å². The fraction of sp³-hybridized carbons (Fsp3) is 0.280. The minimum atomic E-state index is -0.117. The lowest BCUT2D eigenvalue weighted by Gasteiger charge is -2.30. The first-order chi connectivity index (χ1) is 17.1. The second-order valence-electron chi connectivity index (χ2n) is 8.48. The molecule has 0 bridgehead atoms. The van der Waals surface area contributed by atoms with E-state index in [2.05, 4.69) is 40.6 Å². The third kappa shape index (κ3) is 5.11. The maximum atomic E-state index is 11.5. The van der Waals surface area contributed by atoms with Gasteiger partial charge in [0, 0.05) is 42.9 Å². The minimum absolute atomic E-state index is 0.117. The maximum Gasteiger partial charge on any atom is 0.257 e. The first-order valence-electron chi connectivity index (χ1n) is 11.5. The SMILES string of the molecule is CC(=O)Nc1cccc(Nc2ncnc(N3CCC(c4noc(-c5ccccc5)n4)CC3)n2)c1C. The van der Waals surface area contributed by atoms with E-state index in [0.717, 1.165) is 54.3 Å². The Labute approximate surface area is 202 Å². The van der Waals surface area contributed by atoms with Crippen LogP contribution < -0.4 is 15.5 Å². The summed E-state index contributed by atoms with van der Waals surface area (Å²) in [5.41, 5.74) is 3.39. The summed E-state index contributed by atoms with van der Waals surface area (Å²) in [6.45, 7) is 4.98. The number of piperidine rings is 1. The highest BCUT2D eigenvalue weighted by Crippen LogP contribution is 2.30. The zero-order valence-electron chi connectivity index (χ0n) is 19.6. The molecule has 0 saturated carbocycles. The number of carbonyl (C=O) groups excluding carboxylic acids is 1. The largest absolute Gasteiger partial charge is 0.341 e. The van der Waals surface area contributed by atoms with E-state index >= 15 is 0 Å². The van der Waals surface area contributed by atoms with E-state index in [1.165, 1.54) is 13.3 Å². The molecule has 35 heavy (non-hydrogen) atoms. The smallest absolute Gasteiger partial charge is 0.257 e. The van der Waals surface area contributed by atoms with Gasteiger partial charge in [0.25, 0.3) is 5.89 Å². The highest BCUT2D eigenvalue weighted by molar-refractivity contribution is 5.90. The summed E-state index contributed by atoms with van der Waals surface area (Å²) < 4.78 is 5.49. The molecule has 0 radical (unpaired) electrons. The number of carbonyl (C=O) groups is 1. The van der Waals surface area contributed by atoms with Crippen molar-refractivity contribution in [3.8, 4) is 11.5 Å². The number of anilines is 4. The summed E-state index contributed by atoms with van der Waals surface area (Å²) in [6, 6.07) is 15.4. The molecule has 2 aromatic heterocycles. The van der Waals surface area contributed by atoms with Gasteiger partial charge in [0.05, 0.1) is 0 Å². The van der Waals surface area contributed by atoms with Crippen LogP contribution in [0.15, 0.2) is 59.4 Å². The molecule has 2 aromatic carbocycles. The second-order valence-corrected chi connectivity index (χ2v) is 8.48.